The van der Waals surface area contributed by atoms with Crippen LogP contribution in [0.2, 0.25) is 0 Å². The van der Waals surface area contributed by atoms with Crippen molar-refractivity contribution in [2.24, 2.45) is 5.73 Å². The Morgan fingerprint density at radius 1 is 0.931 bits per heavy atom. The quantitative estimate of drug-likeness (QED) is 0.531. The van der Waals surface area contributed by atoms with Gasteiger partial charge in [-0.1, -0.05) is 18.6 Å². The van der Waals surface area contributed by atoms with Crippen molar-refractivity contribution in [3.05, 3.63) is 68.1 Å². The number of hydrogen-bond acceptors (Lipinski definition) is 2. The number of halogens is 4. The Morgan fingerprint density at radius 2 is 1.41 bits per heavy atom. The lowest BCUT2D eigenvalue weighted by Gasteiger charge is -2.39. The van der Waals surface area contributed by atoms with E-state index in [2.05, 4.69) is 37.9 Å². The van der Waals surface area contributed by atoms with Gasteiger partial charge < -0.3 is 5.73 Å². The first-order chi connectivity index (χ1) is 13.7. The van der Waals surface area contributed by atoms with Crippen LogP contribution in [0.5, 0.6) is 0 Å². The number of amides is 1. The van der Waals surface area contributed by atoms with Crippen molar-refractivity contribution in [1.82, 2.24) is 0 Å². The molecule has 29 heavy (non-hydrogen) atoms. The second-order valence-corrected chi connectivity index (χ2v) is 9.31. The van der Waals surface area contributed by atoms with Crippen LogP contribution in [-0.2, 0) is 15.6 Å². The van der Waals surface area contributed by atoms with Gasteiger partial charge >= 0.3 is 0 Å². The summed E-state index contributed by atoms with van der Waals surface area (Å²) in [5, 5.41) is 9.09. The standard InChI is InChI=1S/C11H11BrFNO.C11H9BrFN/c12-8-6-7(2-3-9(8)13)11(10(14)15)4-1-5-11;12-9-6-8(2-3-10(9)13)11(7-14)4-1-5-11/h2-3,6H,1,4-5H2,(H2,14,15);2-3,6H,1,4-5H2. The molecule has 2 aliphatic carbocycles. The minimum atomic E-state index is -0.559. The molecule has 0 spiro atoms. The minimum absolute atomic E-state index is 0.277. The van der Waals surface area contributed by atoms with E-state index in [-0.39, 0.29) is 23.0 Å². The van der Waals surface area contributed by atoms with Crippen LogP contribution < -0.4 is 5.73 Å². The predicted octanol–water partition coefficient (Wildman–Crippen LogP) is 6.03. The predicted molar refractivity (Wildman–Crippen MR) is 114 cm³/mol. The molecule has 0 radical (unpaired) electrons. The average molecular weight is 526 g/mol. The molecule has 2 aromatic carbocycles. The lowest BCUT2D eigenvalue weighted by Crippen LogP contribution is -2.46. The first kappa shape index (κ1) is 21.9. The minimum Gasteiger partial charge on any atom is -0.369 e. The molecular weight excluding hydrogens is 506 g/mol. The third kappa shape index (κ3) is 4.10. The topological polar surface area (TPSA) is 66.9 Å². The molecule has 0 bridgehead atoms. The van der Waals surface area contributed by atoms with Crippen molar-refractivity contribution in [2.45, 2.75) is 49.4 Å². The number of benzene rings is 2. The van der Waals surface area contributed by atoms with E-state index in [4.69, 9.17) is 11.0 Å². The molecule has 2 aliphatic rings. The fraction of sp³-hybridized carbons (Fsp3) is 0.364. The summed E-state index contributed by atoms with van der Waals surface area (Å²) in [4.78, 5) is 11.4. The highest BCUT2D eigenvalue weighted by molar-refractivity contribution is 9.10. The zero-order valence-corrected chi connectivity index (χ0v) is 18.8. The van der Waals surface area contributed by atoms with Crippen molar-refractivity contribution >= 4 is 37.8 Å². The molecule has 4 rings (SSSR count). The molecule has 0 unspecified atom stereocenters. The van der Waals surface area contributed by atoms with Gasteiger partial charge in [-0.15, -0.1) is 0 Å². The number of nitrogens with two attached hydrogens (primary N) is 1. The van der Waals surface area contributed by atoms with E-state index in [1.165, 1.54) is 12.1 Å². The average Bonchev–Trinajstić information content (AvgIpc) is 2.60. The van der Waals surface area contributed by atoms with Gasteiger partial charge in [-0.25, -0.2) is 8.78 Å². The highest BCUT2D eigenvalue weighted by Crippen LogP contribution is 2.45. The number of carbonyl (C=O) groups excluding carboxylic acids is 1. The van der Waals surface area contributed by atoms with E-state index in [1.807, 2.05) is 0 Å². The monoisotopic (exact) mass is 524 g/mol. The molecule has 0 atom stereocenters. The zero-order chi connectivity index (χ0) is 21.2. The maximum atomic E-state index is 13.0. The summed E-state index contributed by atoms with van der Waals surface area (Å²) in [5.74, 6) is -0.911. The van der Waals surface area contributed by atoms with Gasteiger partial charge in [-0.2, -0.15) is 5.26 Å². The van der Waals surface area contributed by atoms with Crippen LogP contribution in [0.25, 0.3) is 0 Å². The Morgan fingerprint density at radius 3 is 1.76 bits per heavy atom. The van der Waals surface area contributed by atoms with Crippen LogP contribution in [0.1, 0.15) is 49.7 Å². The Bertz CT molecular complexity index is 979. The van der Waals surface area contributed by atoms with Crippen LogP contribution in [0, 0.1) is 23.0 Å². The van der Waals surface area contributed by atoms with E-state index in [1.54, 1.807) is 24.3 Å². The highest BCUT2D eigenvalue weighted by Gasteiger charge is 2.44. The van der Waals surface area contributed by atoms with E-state index < -0.39 is 5.41 Å². The van der Waals surface area contributed by atoms with Gasteiger partial charge in [0.15, 0.2) is 0 Å². The molecule has 0 saturated heterocycles. The maximum Gasteiger partial charge on any atom is 0.228 e. The molecule has 3 nitrogen and oxygen atoms in total. The van der Waals surface area contributed by atoms with Crippen LogP contribution in [0.15, 0.2) is 45.3 Å². The van der Waals surface area contributed by atoms with Crippen molar-refractivity contribution < 1.29 is 13.6 Å². The normalized spacial score (nSPS) is 18.3. The first-order valence-corrected chi connectivity index (χ1v) is 10.9. The van der Waals surface area contributed by atoms with Gasteiger partial charge in [0.05, 0.1) is 25.8 Å². The van der Waals surface area contributed by atoms with Crippen molar-refractivity contribution in [2.75, 3.05) is 0 Å². The van der Waals surface area contributed by atoms with E-state index in [0.29, 0.717) is 8.95 Å². The van der Waals surface area contributed by atoms with Gasteiger partial charge in [-0.3, -0.25) is 4.79 Å². The van der Waals surface area contributed by atoms with Crippen LogP contribution in [0.3, 0.4) is 0 Å². The van der Waals surface area contributed by atoms with Gasteiger partial charge in [0.2, 0.25) is 5.91 Å². The number of nitrogens with zero attached hydrogens (tertiary/aromatic N) is 1. The summed E-state index contributed by atoms with van der Waals surface area (Å²) in [6, 6.07) is 11.8. The van der Waals surface area contributed by atoms with Crippen LogP contribution in [0.4, 0.5) is 8.78 Å². The van der Waals surface area contributed by atoms with E-state index in [0.717, 1.165) is 49.7 Å². The van der Waals surface area contributed by atoms with Crippen molar-refractivity contribution in [3.8, 4) is 6.07 Å². The fourth-order valence-electron chi connectivity index (χ4n) is 3.79. The molecule has 2 aromatic rings. The second kappa shape index (κ2) is 8.53. The molecule has 0 aliphatic heterocycles. The number of hydrogen-bond donors (Lipinski definition) is 1. The molecule has 2 fully saturated rings. The second-order valence-electron chi connectivity index (χ2n) is 7.61. The third-order valence-electron chi connectivity index (χ3n) is 6.04. The molecule has 0 heterocycles. The fourth-order valence-corrected chi connectivity index (χ4v) is 4.55. The third-order valence-corrected chi connectivity index (χ3v) is 7.26. The van der Waals surface area contributed by atoms with Gasteiger partial charge in [0.1, 0.15) is 11.6 Å². The van der Waals surface area contributed by atoms with Crippen molar-refractivity contribution in [1.29, 1.82) is 5.26 Å². The summed E-state index contributed by atoms with van der Waals surface area (Å²) >= 11 is 6.25. The molecular formula is C22H20Br2F2N2O. The summed E-state index contributed by atoms with van der Waals surface area (Å²) in [6.07, 6.45) is 5.39. The van der Waals surface area contributed by atoms with Crippen LogP contribution in [-0.4, -0.2) is 5.91 Å². The smallest absolute Gasteiger partial charge is 0.228 e. The Labute approximate surface area is 185 Å². The highest BCUT2D eigenvalue weighted by atomic mass is 79.9. The molecule has 0 aromatic heterocycles. The van der Waals surface area contributed by atoms with Gasteiger partial charge in [-0.05, 0) is 99.4 Å². The molecule has 2 N–H and O–H groups in total. The molecule has 152 valence electrons. The maximum absolute atomic E-state index is 13.0. The lowest BCUT2D eigenvalue weighted by molar-refractivity contribution is -0.126. The zero-order valence-electron chi connectivity index (χ0n) is 15.7. The Kier molecular flexibility index (Phi) is 6.45. The van der Waals surface area contributed by atoms with E-state index in [9.17, 15) is 13.6 Å². The van der Waals surface area contributed by atoms with Crippen molar-refractivity contribution in [3.63, 3.8) is 0 Å². The van der Waals surface area contributed by atoms with Crippen LogP contribution >= 0.6 is 31.9 Å². The van der Waals surface area contributed by atoms with Gasteiger partial charge in [0, 0.05) is 0 Å². The molecule has 1 amide bonds. The summed E-state index contributed by atoms with van der Waals surface area (Å²) < 4.78 is 26.9. The van der Waals surface area contributed by atoms with E-state index >= 15 is 0 Å². The number of primary amides is 1. The first-order valence-electron chi connectivity index (χ1n) is 9.36. The lowest BCUT2D eigenvalue weighted by atomic mass is 9.64. The Balaban J connectivity index is 0.000000166. The van der Waals surface area contributed by atoms with Gasteiger partial charge in [0.25, 0.3) is 0 Å². The summed E-state index contributed by atoms with van der Waals surface area (Å²) in [7, 11) is 0. The largest absolute Gasteiger partial charge is 0.369 e. The summed E-state index contributed by atoms with van der Waals surface area (Å²) in [5.41, 5.74) is 6.24. The SMILES string of the molecule is N#CC1(c2ccc(F)c(Br)c2)CCC1.NC(=O)C1(c2ccc(F)c(Br)c2)CCC1. The molecule has 7 heteroatoms. The number of nitriles is 1. The summed E-state index contributed by atoms with van der Waals surface area (Å²) in [6.45, 7) is 0. The molecule has 2 saturated carbocycles. The Hall–Kier alpha value is -1.78. The number of carbonyl (C=O) groups is 1. The number of rotatable bonds is 3.